The average molecular weight is 658 g/mol. The largest absolute Gasteiger partial charge is 0.631 e. The summed E-state index contributed by atoms with van der Waals surface area (Å²) in [6.45, 7) is 0. The molecular formula is C30H18BF10O3P. The Bertz CT molecular complexity index is 1530. The van der Waals surface area contributed by atoms with E-state index in [1.807, 2.05) is 0 Å². The quantitative estimate of drug-likeness (QED) is 0.0716. The smallest absolute Gasteiger partial charge is 0.402 e. The van der Waals surface area contributed by atoms with Crippen molar-refractivity contribution in [3.63, 3.8) is 0 Å². The monoisotopic (exact) mass is 658 g/mol. The van der Waals surface area contributed by atoms with E-state index >= 15 is 0 Å². The molecule has 3 nitrogen and oxygen atoms in total. The Morgan fingerprint density at radius 1 is 0.333 bits per heavy atom. The van der Waals surface area contributed by atoms with Gasteiger partial charge in [-0.05, 0) is 23.8 Å². The van der Waals surface area contributed by atoms with Gasteiger partial charge in [0, 0.05) is 0 Å². The van der Waals surface area contributed by atoms with E-state index in [0.717, 1.165) is 0 Å². The lowest BCUT2D eigenvalue weighted by Crippen LogP contribution is -2.20. The van der Waals surface area contributed by atoms with Crippen molar-refractivity contribution in [1.82, 2.24) is 0 Å². The summed E-state index contributed by atoms with van der Waals surface area (Å²) in [7, 11) is -2.61. The van der Waals surface area contributed by atoms with Gasteiger partial charge in [0.25, 0.3) is 0 Å². The van der Waals surface area contributed by atoms with Gasteiger partial charge in [0.15, 0.2) is 46.5 Å². The van der Waals surface area contributed by atoms with E-state index < -0.39 is 84.5 Å². The van der Waals surface area contributed by atoms with E-state index in [-0.39, 0.29) is 0 Å². The Balaban J connectivity index is 0.000000221. The van der Waals surface area contributed by atoms with Gasteiger partial charge in [-0.15, -0.1) is 0 Å². The maximum Gasteiger partial charge on any atom is 0.631 e. The molecule has 0 aliphatic rings. The number of hydrogen-bond donors (Lipinski definition) is 3. The van der Waals surface area contributed by atoms with Crippen LogP contribution in [0.3, 0.4) is 0 Å². The first-order valence-corrected chi connectivity index (χ1v) is 13.7. The predicted octanol–water partition coefficient (Wildman–Crippen LogP) is 6.14. The molecule has 0 radical (unpaired) electrons. The van der Waals surface area contributed by atoms with Gasteiger partial charge in [0.2, 0.25) is 11.6 Å². The molecule has 0 heterocycles. The second kappa shape index (κ2) is 15.7. The third-order valence-corrected chi connectivity index (χ3v) is 8.16. The third-order valence-electron chi connectivity index (χ3n) is 5.71. The molecule has 0 saturated carbocycles. The standard InChI is InChI=1S/C18H15P.C12F10.BH3O3/c1-4-10-16(11-5-1)19(17-12-6-2-7-13-17)18-14-8-3-9-15-18;13-3-1(4(14)8(18)11(21)7(3)17)2-5(15)9(19)12(22)10(20)6(2)16;2-1(3)4/h1-15H;;2-4H. The van der Waals surface area contributed by atoms with Gasteiger partial charge < -0.3 is 15.1 Å². The zero-order valence-corrected chi connectivity index (χ0v) is 23.2. The molecule has 0 amide bonds. The van der Waals surface area contributed by atoms with E-state index in [1.165, 1.54) is 15.9 Å². The maximum atomic E-state index is 13.4. The lowest BCUT2D eigenvalue weighted by molar-refractivity contribution is 0.278. The van der Waals surface area contributed by atoms with E-state index in [0.29, 0.717) is 0 Å². The van der Waals surface area contributed by atoms with Gasteiger partial charge in [-0.3, -0.25) is 0 Å². The van der Waals surface area contributed by atoms with Crippen LogP contribution in [0, 0.1) is 58.2 Å². The Morgan fingerprint density at radius 3 is 0.711 bits per heavy atom. The van der Waals surface area contributed by atoms with Gasteiger partial charge >= 0.3 is 7.32 Å². The molecule has 0 aliphatic carbocycles. The van der Waals surface area contributed by atoms with Crippen LogP contribution >= 0.6 is 7.92 Å². The lowest BCUT2D eigenvalue weighted by atomic mass is 10.0. The van der Waals surface area contributed by atoms with E-state index in [2.05, 4.69) is 91.0 Å². The first-order chi connectivity index (χ1) is 21.3. The minimum absolute atomic E-state index is 0.446. The lowest BCUT2D eigenvalue weighted by Gasteiger charge is -2.18. The summed E-state index contributed by atoms with van der Waals surface area (Å²) in [6.07, 6.45) is 0. The van der Waals surface area contributed by atoms with Crippen molar-refractivity contribution in [3.05, 3.63) is 149 Å². The maximum absolute atomic E-state index is 13.4. The molecule has 5 rings (SSSR count). The second-order valence-corrected chi connectivity index (χ2v) is 10.8. The fraction of sp³-hybridized carbons (Fsp3) is 0. The highest BCUT2D eigenvalue weighted by molar-refractivity contribution is 7.79. The van der Waals surface area contributed by atoms with E-state index in [1.54, 1.807) is 0 Å². The SMILES string of the molecule is Fc1c(F)c(F)c(-c2c(F)c(F)c(F)c(F)c2F)c(F)c1F.OB(O)O.c1ccc(P(c2ccccc2)c2ccccc2)cc1. The van der Waals surface area contributed by atoms with Crippen molar-refractivity contribution in [3.8, 4) is 11.1 Å². The van der Waals surface area contributed by atoms with Crippen LogP contribution < -0.4 is 15.9 Å². The molecule has 0 bridgehead atoms. The third kappa shape index (κ3) is 8.09. The number of halogens is 10. The van der Waals surface area contributed by atoms with Gasteiger partial charge in [0.1, 0.15) is 0 Å². The van der Waals surface area contributed by atoms with E-state index in [4.69, 9.17) is 15.1 Å². The highest BCUT2D eigenvalue weighted by atomic mass is 31.1. The Kier molecular flexibility index (Phi) is 12.3. The molecule has 0 spiro atoms. The second-order valence-electron chi connectivity index (χ2n) is 8.58. The summed E-state index contributed by atoms with van der Waals surface area (Å²) >= 11 is 0. The van der Waals surface area contributed by atoms with Crippen LogP contribution in [0.5, 0.6) is 0 Å². The van der Waals surface area contributed by atoms with Crippen molar-refractivity contribution in [2.24, 2.45) is 0 Å². The molecule has 5 aromatic rings. The molecule has 5 aromatic carbocycles. The van der Waals surface area contributed by atoms with Crippen molar-refractivity contribution in [2.75, 3.05) is 0 Å². The van der Waals surface area contributed by atoms with Crippen LogP contribution in [-0.2, 0) is 0 Å². The van der Waals surface area contributed by atoms with Crippen LogP contribution in [0.15, 0.2) is 91.0 Å². The summed E-state index contributed by atoms with van der Waals surface area (Å²) in [6, 6.07) is 32.3. The van der Waals surface area contributed by atoms with Crippen molar-refractivity contribution < 1.29 is 59.0 Å². The summed E-state index contributed by atoms with van der Waals surface area (Å²) in [5, 5.41) is 25.7. The van der Waals surface area contributed by atoms with Crippen LogP contribution in [0.2, 0.25) is 0 Å². The van der Waals surface area contributed by atoms with Gasteiger partial charge in [-0.25, -0.2) is 43.9 Å². The molecular weight excluding hydrogens is 640 g/mol. The van der Waals surface area contributed by atoms with Gasteiger partial charge in [-0.2, -0.15) is 0 Å². The minimum Gasteiger partial charge on any atom is -0.402 e. The Hall–Kier alpha value is -4.23. The summed E-state index contributed by atoms with van der Waals surface area (Å²) in [5.41, 5.74) is -4.52. The summed E-state index contributed by atoms with van der Waals surface area (Å²) in [4.78, 5) is 0. The normalized spacial score (nSPS) is 10.5. The zero-order valence-electron chi connectivity index (χ0n) is 22.3. The molecule has 15 heteroatoms. The van der Waals surface area contributed by atoms with Crippen molar-refractivity contribution in [2.45, 2.75) is 0 Å². The summed E-state index contributed by atoms with van der Waals surface area (Å²) < 4.78 is 131. The minimum atomic E-state index is -2.68. The van der Waals surface area contributed by atoms with Gasteiger partial charge in [0.05, 0.1) is 11.1 Å². The molecule has 0 fully saturated rings. The fourth-order valence-corrected chi connectivity index (χ4v) is 6.13. The fourth-order valence-electron chi connectivity index (χ4n) is 3.83. The van der Waals surface area contributed by atoms with Crippen molar-refractivity contribution in [1.29, 1.82) is 0 Å². The van der Waals surface area contributed by atoms with Crippen molar-refractivity contribution >= 4 is 31.2 Å². The molecule has 234 valence electrons. The molecule has 0 aliphatic heterocycles. The number of rotatable bonds is 4. The first-order valence-electron chi connectivity index (χ1n) is 12.3. The molecule has 0 unspecified atom stereocenters. The number of benzene rings is 5. The molecule has 45 heavy (non-hydrogen) atoms. The highest BCUT2D eigenvalue weighted by Crippen LogP contribution is 2.37. The summed E-state index contributed by atoms with van der Waals surface area (Å²) in [5.74, 6) is -26.6. The number of hydrogen-bond acceptors (Lipinski definition) is 3. The van der Waals surface area contributed by atoms with Crippen LogP contribution in [-0.4, -0.2) is 22.4 Å². The molecule has 0 atom stereocenters. The van der Waals surface area contributed by atoms with Crippen LogP contribution in [0.25, 0.3) is 11.1 Å². The van der Waals surface area contributed by atoms with Crippen LogP contribution in [0.4, 0.5) is 43.9 Å². The Labute approximate surface area is 250 Å². The molecule has 0 saturated heterocycles. The topological polar surface area (TPSA) is 60.7 Å². The predicted molar refractivity (Wildman–Crippen MR) is 149 cm³/mol. The Morgan fingerprint density at radius 2 is 0.511 bits per heavy atom. The first kappa shape index (κ1) is 35.3. The molecule has 0 aromatic heterocycles. The zero-order chi connectivity index (χ0) is 33.4. The van der Waals surface area contributed by atoms with Crippen LogP contribution in [0.1, 0.15) is 0 Å². The van der Waals surface area contributed by atoms with Gasteiger partial charge in [-0.1, -0.05) is 91.0 Å². The highest BCUT2D eigenvalue weighted by Gasteiger charge is 2.34. The average Bonchev–Trinajstić information content (AvgIpc) is 3.04. The molecule has 3 N–H and O–H groups in total. The van der Waals surface area contributed by atoms with E-state index in [9.17, 15) is 43.9 Å².